The molecule has 0 aromatic heterocycles. The molecule has 1 saturated carbocycles. The number of aliphatic hydroxyl groups excluding tert-OH is 1. The second-order valence-corrected chi connectivity index (χ2v) is 7.00. The van der Waals surface area contributed by atoms with E-state index in [-0.39, 0.29) is 0 Å². The highest BCUT2D eigenvalue weighted by Gasteiger charge is 2.50. The molecule has 1 saturated heterocycles. The number of para-hydroxylation sites is 1. The Kier molecular flexibility index (Phi) is 4.45. The summed E-state index contributed by atoms with van der Waals surface area (Å²) in [6, 6.07) is 20.8. The Hall–Kier alpha value is -2.33. The molecule has 1 aliphatic carbocycles. The minimum atomic E-state index is -0.513. The second-order valence-electron chi connectivity index (χ2n) is 7.00. The van der Waals surface area contributed by atoms with Crippen LogP contribution in [-0.4, -0.2) is 34.3 Å². The average molecular weight is 336 g/mol. The first-order valence-electron chi connectivity index (χ1n) is 9.05. The zero-order valence-electron chi connectivity index (χ0n) is 14.3. The molecule has 4 rings (SSSR count). The lowest BCUT2D eigenvalue weighted by Crippen LogP contribution is -2.48. The van der Waals surface area contributed by atoms with E-state index in [4.69, 9.17) is 9.73 Å². The van der Waals surface area contributed by atoms with Gasteiger partial charge in [0.15, 0.2) is 5.60 Å². The Bertz CT molecular complexity index is 732. The SMILES string of the molecule is O[C@@H]1CCCC[C@@]12CN(Cc1ccccc1)C(=Nc1ccccc1)O2. The molecular formula is C21H24N2O2. The molecule has 2 aliphatic rings. The Morgan fingerprint density at radius 3 is 2.48 bits per heavy atom. The highest BCUT2D eigenvalue weighted by Crippen LogP contribution is 2.38. The largest absolute Gasteiger partial charge is 0.454 e. The van der Waals surface area contributed by atoms with Gasteiger partial charge in [-0.1, -0.05) is 55.0 Å². The van der Waals surface area contributed by atoms with Crippen molar-refractivity contribution in [3.8, 4) is 0 Å². The molecule has 1 heterocycles. The summed E-state index contributed by atoms with van der Waals surface area (Å²) in [6.07, 6.45) is 3.42. The lowest BCUT2D eigenvalue weighted by atomic mass is 9.82. The van der Waals surface area contributed by atoms with Gasteiger partial charge in [0.25, 0.3) is 6.02 Å². The number of hydrogen-bond donors (Lipinski definition) is 1. The Morgan fingerprint density at radius 2 is 1.76 bits per heavy atom. The summed E-state index contributed by atoms with van der Waals surface area (Å²) in [6.45, 7) is 1.43. The summed E-state index contributed by atoms with van der Waals surface area (Å²) < 4.78 is 6.32. The van der Waals surface area contributed by atoms with Gasteiger partial charge in [0.05, 0.1) is 18.3 Å². The van der Waals surface area contributed by atoms with Crippen LogP contribution in [0.15, 0.2) is 65.7 Å². The third kappa shape index (κ3) is 3.40. The minimum Gasteiger partial charge on any atom is -0.454 e. The van der Waals surface area contributed by atoms with Gasteiger partial charge in [-0.05, 0) is 37.0 Å². The van der Waals surface area contributed by atoms with Crippen molar-refractivity contribution >= 4 is 11.7 Å². The molecule has 0 bridgehead atoms. The number of benzene rings is 2. The van der Waals surface area contributed by atoms with E-state index in [0.717, 1.165) is 37.9 Å². The first-order chi connectivity index (χ1) is 12.3. The van der Waals surface area contributed by atoms with Gasteiger partial charge >= 0.3 is 0 Å². The molecular weight excluding hydrogens is 312 g/mol. The predicted octanol–water partition coefficient (Wildman–Crippen LogP) is 3.88. The maximum atomic E-state index is 10.6. The molecule has 0 radical (unpaired) electrons. The standard InChI is InChI=1S/C21H24N2O2/c24-19-13-7-8-14-21(19)16-23(15-17-9-3-1-4-10-17)20(25-21)22-18-11-5-2-6-12-18/h1-6,9-12,19,24H,7-8,13-16H2/t19-,21-/m1/s1. The second kappa shape index (κ2) is 6.89. The molecule has 2 atom stereocenters. The fraction of sp³-hybridized carbons (Fsp3) is 0.381. The van der Waals surface area contributed by atoms with Gasteiger partial charge in [-0.2, -0.15) is 4.99 Å². The van der Waals surface area contributed by atoms with Crippen molar-refractivity contribution in [3.63, 3.8) is 0 Å². The third-order valence-electron chi connectivity index (χ3n) is 5.16. The van der Waals surface area contributed by atoms with Crippen LogP contribution in [-0.2, 0) is 11.3 Å². The van der Waals surface area contributed by atoms with Crippen LogP contribution in [0.3, 0.4) is 0 Å². The molecule has 1 N–H and O–H groups in total. The van der Waals surface area contributed by atoms with Crippen molar-refractivity contribution in [2.45, 2.75) is 43.9 Å². The summed E-state index contributed by atoms with van der Waals surface area (Å²) >= 11 is 0. The van der Waals surface area contributed by atoms with Gasteiger partial charge in [-0.25, -0.2) is 0 Å². The number of rotatable bonds is 3. The number of hydrogen-bond acceptors (Lipinski definition) is 3. The number of aliphatic imine (C=N–C) groups is 1. The molecule has 4 nitrogen and oxygen atoms in total. The van der Waals surface area contributed by atoms with E-state index in [1.807, 2.05) is 48.5 Å². The Morgan fingerprint density at radius 1 is 1.04 bits per heavy atom. The molecule has 4 heteroatoms. The summed E-state index contributed by atoms with van der Waals surface area (Å²) in [4.78, 5) is 6.89. The van der Waals surface area contributed by atoms with E-state index in [1.165, 1.54) is 5.56 Å². The Balaban J connectivity index is 1.64. The van der Waals surface area contributed by atoms with E-state index in [2.05, 4.69) is 17.0 Å². The van der Waals surface area contributed by atoms with E-state index in [0.29, 0.717) is 12.6 Å². The molecule has 2 aromatic rings. The lowest BCUT2D eigenvalue weighted by molar-refractivity contribution is -0.0694. The van der Waals surface area contributed by atoms with Crippen molar-refractivity contribution in [1.29, 1.82) is 0 Å². The third-order valence-corrected chi connectivity index (χ3v) is 5.16. The smallest absolute Gasteiger partial charge is 0.293 e. The summed E-state index contributed by atoms with van der Waals surface area (Å²) in [5, 5.41) is 10.6. The maximum Gasteiger partial charge on any atom is 0.293 e. The monoisotopic (exact) mass is 336 g/mol. The number of aliphatic hydroxyl groups is 1. The van der Waals surface area contributed by atoms with Crippen molar-refractivity contribution in [2.24, 2.45) is 4.99 Å². The lowest BCUT2D eigenvalue weighted by Gasteiger charge is -2.36. The van der Waals surface area contributed by atoms with Gasteiger partial charge in [0.1, 0.15) is 0 Å². The van der Waals surface area contributed by atoms with Crippen LogP contribution in [0.5, 0.6) is 0 Å². The molecule has 0 unspecified atom stereocenters. The molecule has 2 aromatic carbocycles. The van der Waals surface area contributed by atoms with Gasteiger partial charge in [0.2, 0.25) is 0 Å². The van der Waals surface area contributed by atoms with Gasteiger partial charge < -0.3 is 14.7 Å². The van der Waals surface area contributed by atoms with Crippen LogP contribution in [0, 0.1) is 0 Å². The molecule has 2 fully saturated rings. The summed E-state index contributed by atoms with van der Waals surface area (Å²) in [5.74, 6) is 0. The first kappa shape index (κ1) is 16.2. The van der Waals surface area contributed by atoms with Crippen LogP contribution < -0.4 is 0 Å². The highest BCUT2D eigenvalue weighted by atomic mass is 16.6. The zero-order valence-corrected chi connectivity index (χ0v) is 14.3. The van der Waals surface area contributed by atoms with E-state index in [1.54, 1.807) is 0 Å². The van der Waals surface area contributed by atoms with Crippen LogP contribution in [0.2, 0.25) is 0 Å². The Labute approximate surface area is 148 Å². The molecule has 130 valence electrons. The van der Waals surface area contributed by atoms with Crippen LogP contribution in [0.4, 0.5) is 5.69 Å². The zero-order chi connectivity index (χ0) is 17.1. The quantitative estimate of drug-likeness (QED) is 0.925. The normalized spacial score (nSPS) is 27.6. The summed E-state index contributed by atoms with van der Waals surface area (Å²) in [5.41, 5.74) is 1.58. The van der Waals surface area contributed by atoms with Crippen molar-refractivity contribution < 1.29 is 9.84 Å². The van der Waals surface area contributed by atoms with Crippen LogP contribution in [0.1, 0.15) is 31.2 Å². The molecule has 1 spiro atoms. The number of ether oxygens (including phenoxy) is 1. The van der Waals surface area contributed by atoms with E-state index >= 15 is 0 Å². The fourth-order valence-corrected chi connectivity index (χ4v) is 3.80. The predicted molar refractivity (Wildman–Crippen MR) is 98.7 cm³/mol. The fourth-order valence-electron chi connectivity index (χ4n) is 3.80. The molecule has 0 amide bonds. The van der Waals surface area contributed by atoms with Crippen LogP contribution in [0.25, 0.3) is 0 Å². The van der Waals surface area contributed by atoms with Gasteiger partial charge in [-0.3, -0.25) is 0 Å². The van der Waals surface area contributed by atoms with Crippen LogP contribution >= 0.6 is 0 Å². The number of nitrogens with zero attached hydrogens (tertiary/aromatic N) is 2. The molecule has 1 aliphatic heterocycles. The topological polar surface area (TPSA) is 45.1 Å². The highest BCUT2D eigenvalue weighted by molar-refractivity contribution is 5.79. The van der Waals surface area contributed by atoms with Gasteiger partial charge in [-0.15, -0.1) is 0 Å². The van der Waals surface area contributed by atoms with Crippen molar-refractivity contribution in [2.75, 3.05) is 6.54 Å². The van der Waals surface area contributed by atoms with E-state index < -0.39 is 11.7 Å². The van der Waals surface area contributed by atoms with E-state index in [9.17, 15) is 5.11 Å². The number of amidine groups is 1. The average Bonchev–Trinajstić information content (AvgIpc) is 2.97. The minimum absolute atomic E-state index is 0.428. The first-order valence-corrected chi connectivity index (χ1v) is 9.05. The van der Waals surface area contributed by atoms with Crippen molar-refractivity contribution in [1.82, 2.24) is 4.90 Å². The summed E-state index contributed by atoms with van der Waals surface area (Å²) in [7, 11) is 0. The molecule has 25 heavy (non-hydrogen) atoms. The maximum absolute atomic E-state index is 10.6. The van der Waals surface area contributed by atoms with Gasteiger partial charge in [0, 0.05) is 6.54 Å². The van der Waals surface area contributed by atoms with Crippen molar-refractivity contribution in [3.05, 3.63) is 66.2 Å².